The molecule has 0 aliphatic rings. The Hall–Kier alpha value is -2.12. The lowest BCUT2D eigenvalue weighted by Gasteiger charge is -2.22. The van der Waals surface area contributed by atoms with E-state index >= 15 is 0 Å². The number of alkyl halides is 3. The van der Waals surface area contributed by atoms with Gasteiger partial charge in [-0.2, -0.15) is 13.2 Å². The summed E-state index contributed by atoms with van der Waals surface area (Å²) in [6, 6.07) is 9.36. The van der Waals surface area contributed by atoms with E-state index in [0.717, 1.165) is 29.7 Å². The summed E-state index contributed by atoms with van der Waals surface area (Å²) in [5.41, 5.74) is 0.729. The molecule has 0 amide bonds. The van der Waals surface area contributed by atoms with Gasteiger partial charge < -0.3 is 0 Å². The molecule has 0 bridgehead atoms. The normalized spacial score (nSPS) is 11.8. The quantitative estimate of drug-likeness (QED) is 0.454. The highest BCUT2D eigenvalue weighted by atomic mass is 35.5. The van der Waals surface area contributed by atoms with Crippen molar-refractivity contribution >= 4 is 17.3 Å². The molecule has 0 spiro atoms. The maximum absolute atomic E-state index is 12.7. The van der Waals surface area contributed by atoms with Gasteiger partial charge in [-0.25, -0.2) is 0 Å². The van der Waals surface area contributed by atoms with Gasteiger partial charge in [0.15, 0.2) is 0 Å². The van der Waals surface area contributed by atoms with Crippen LogP contribution in [0.15, 0.2) is 42.5 Å². The van der Waals surface area contributed by atoms with Gasteiger partial charge in [0.05, 0.1) is 15.5 Å². The lowest BCUT2D eigenvalue weighted by molar-refractivity contribution is -0.384. The molecule has 0 atom stereocenters. The predicted octanol–water partition coefficient (Wildman–Crippen LogP) is 5.68. The number of halogens is 4. The molecule has 140 valence electrons. The molecule has 2 aromatic carbocycles. The third-order valence-corrected chi connectivity index (χ3v) is 4.22. The highest BCUT2D eigenvalue weighted by Gasteiger charge is 2.29. The molecule has 2 rings (SSSR count). The first-order chi connectivity index (χ1) is 12.2. The van der Waals surface area contributed by atoms with E-state index in [1.165, 1.54) is 24.3 Å². The standard InChI is InChI=1S/C18H18ClF3N2O2/c1-2-9-23(11-13-3-6-15(7-4-13)18(20,21)22)12-14-5-8-16(24(25)26)10-17(14)19/h3-8,10H,2,9,11-12H2,1H3. The van der Waals surface area contributed by atoms with Gasteiger partial charge in [-0.3, -0.25) is 15.0 Å². The molecule has 0 aliphatic carbocycles. The van der Waals surface area contributed by atoms with Crippen LogP contribution in [-0.4, -0.2) is 16.4 Å². The van der Waals surface area contributed by atoms with Gasteiger partial charge in [0, 0.05) is 25.2 Å². The molecule has 0 aromatic heterocycles. The zero-order chi connectivity index (χ0) is 19.3. The van der Waals surface area contributed by atoms with Crippen molar-refractivity contribution in [3.8, 4) is 0 Å². The van der Waals surface area contributed by atoms with Gasteiger partial charge in [0.2, 0.25) is 0 Å². The second kappa shape index (κ2) is 8.51. The molecule has 0 unspecified atom stereocenters. The van der Waals surface area contributed by atoms with Crippen LogP contribution in [0.4, 0.5) is 18.9 Å². The number of rotatable bonds is 7. The number of nitrogens with zero attached hydrogens (tertiary/aromatic N) is 2. The summed E-state index contributed by atoms with van der Waals surface area (Å²) in [4.78, 5) is 12.3. The topological polar surface area (TPSA) is 46.4 Å². The van der Waals surface area contributed by atoms with Crippen molar-refractivity contribution in [2.24, 2.45) is 0 Å². The molecule has 0 saturated heterocycles. The highest BCUT2D eigenvalue weighted by molar-refractivity contribution is 6.31. The maximum Gasteiger partial charge on any atom is 0.416 e. The third-order valence-electron chi connectivity index (χ3n) is 3.87. The molecular weight excluding hydrogens is 369 g/mol. The summed E-state index contributed by atoms with van der Waals surface area (Å²) < 4.78 is 38.0. The van der Waals surface area contributed by atoms with Crippen molar-refractivity contribution in [3.05, 3.63) is 74.3 Å². The maximum atomic E-state index is 12.7. The van der Waals surface area contributed by atoms with Gasteiger partial charge in [-0.1, -0.05) is 30.7 Å². The summed E-state index contributed by atoms with van der Waals surface area (Å²) in [7, 11) is 0. The molecule has 0 fully saturated rings. The fourth-order valence-electron chi connectivity index (χ4n) is 2.61. The second-order valence-corrected chi connectivity index (χ2v) is 6.35. The van der Waals surface area contributed by atoms with Crippen LogP contribution in [0.5, 0.6) is 0 Å². The fourth-order valence-corrected chi connectivity index (χ4v) is 2.84. The third kappa shape index (κ3) is 5.44. The molecule has 0 radical (unpaired) electrons. The van der Waals surface area contributed by atoms with E-state index in [4.69, 9.17) is 11.6 Å². The Bertz CT molecular complexity index is 764. The molecule has 0 heterocycles. The summed E-state index contributed by atoms with van der Waals surface area (Å²) in [5, 5.41) is 11.1. The van der Waals surface area contributed by atoms with Crippen LogP contribution in [-0.2, 0) is 19.3 Å². The Morgan fingerprint density at radius 1 is 1.12 bits per heavy atom. The van der Waals surface area contributed by atoms with Crippen LogP contribution >= 0.6 is 11.6 Å². The van der Waals surface area contributed by atoms with E-state index in [9.17, 15) is 23.3 Å². The number of nitro benzene ring substituents is 1. The summed E-state index contributed by atoms with van der Waals surface area (Å²) in [6.07, 6.45) is -3.50. The van der Waals surface area contributed by atoms with Gasteiger partial charge in [-0.15, -0.1) is 0 Å². The Balaban J connectivity index is 2.13. The lowest BCUT2D eigenvalue weighted by Crippen LogP contribution is -2.24. The molecule has 0 N–H and O–H groups in total. The molecule has 0 aliphatic heterocycles. The first kappa shape index (κ1) is 20.2. The van der Waals surface area contributed by atoms with Crippen LogP contribution in [0.25, 0.3) is 0 Å². The first-order valence-corrected chi connectivity index (χ1v) is 8.39. The predicted molar refractivity (Wildman–Crippen MR) is 94.0 cm³/mol. The smallest absolute Gasteiger partial charge is 0.295 e. The zero-order valence-corrected chi connectivity index (χ0v) is 14.8. The second-order valence-electron chi connectivity index (χ2n) is 5.94. The van der Waals surface area contributed by atoms with E-state index < -0.39 is 16.7 Å². The Morgan fingerprint density at radius 3 is 2.27 bits per heavy atom. The average molecular weight is 387 g/mol. The molecule has 4 nitrogen and oxygen atoms in total. The van der Waals surface area contributed by atoms with Crippen LogP contribution in [0.2, 0.25) is 5.02 Å². The summed E-state index contributed by atoms with van der Waals surface area (Å²) in [6.45, 7) is 3.62. The Kier molecular flexibility index (Phi) is 6.61. The largest absolute Gasteiger partial charge is 0.416 e. The summed E-state index contributed by atoms with van der Waals surface area (Å²) >= 11 is 6.14. The monoisotopic (exact) mass is 386 g/mol. The number of benzene rings is 2. The van der Waals surface area contributed by atoms with Crippen molar-refractivity contribution in [1.82, 2.24) is 4.90 Å². The van der Waals surface area contributed by atoms with Crippen molar-refractivity contribution < 1.29 is 18.1 Å². The molecule has 8 heteroatoms. The zero-order valence-electron chi connectivity index (χ0n) is 14.1. The molecule has 26 heavy (non-hydrogen) atoms. The number of non-ortho nitro benzene ring substituents is 1. The van der Waals surface area contributed by atoms with E-state index in [-0.39, 0.29) is 5.69 Å². The number of nitro groups is 1. The van der Waals surface area contributed by atoms with E-state index in [1.807, 2.05) is 11.8 Å². The van der Waals surface area contributed by atoms with Crippen LogP contribution < -0.4 is 0 Å². The van der Waals surface area contributed by atoms with Gasteiger partial charge >= 0.3 is 6.18 Å². The molecular formula is C18H18ClF3N2O2. The molecule has 2 aromatic rings. The van der Waals surface area contributed by atoms with Gasteiger partial charge in [0.1, 0.15) is 0 Å². The van der Waals surface area contributed by atoms with Crippen molar-refractivity contribution in [1.29, 1.82) is 0 Å². The van der Waals surface area contributed by atoms with Crippen molar-refractivity contribution in [3.63, 3.8) is 0 Å². The Labute approximate surface area is 154 Å². The molecule has 0 saturated carbocycles. The number of hydrogen-bond donors (Lipinski definition) is 0. The minimum absolute atomic E-state index is 0.0801. The van der Waals surface area contributed by atoms with E-state index in [2.05, 4.69) is 0 Å². The van der Waals surface area contributed by atoms with Gasteiger partial charge in [-0.05, 0) is 42.3 Å². The summed E-state index contributed by atoms with van der Waals surface area (Å²) in [5.74, 6) is 0. The lowest BCUT2D eigenvalue weighted by atomic mass is 10.1. The van der Waals surface area contributed by atoms with Gasteiger partial charge in [0.25, 0.3) is 5.69 Å². The minimum atomic E-state index is -4.35. The average Bonchev–Trinajstić information content (AvgIpc) is 2.56. The highest BCUT2D eigenvalue weighted by Crippen LogP contribution is 2.29. The van der Waals surface area contributed by atoms with Crippen LogP contribution in [0.1, 0.15) is 30.0 Å². The van der Waals surface area contributed by atoms with Crippen LogP contribution in [0.3, 0.4) is 0 Å². The SMILES string of the molecule is CCCN(Cc1ccc(C(F)(F)F)cc1)Cc1ccc([N+](=O)[O-])cc1Cl. The van der Waals surface area contributed by atoms with E-state index in [1.54, 1.807) is 6.07 Å². The Morgan fingerprint density at radius 2 is 1.77 bits per heavy atom. The van der Waals surface area contributed by atoms with E-state index in [0.29, 0.717) is 24.7 Å². The first-order valence-electron chi connectivity index (χ1n) is 8.02. The van der Waals surface area contributed by atoms with Crippen molar-refractivity contribution in [2.45, 2.75) is 32.6 Å². The minimum Gasteiger partial charge on any atom is -0.295 e. The number of hydrogen-bond acceptors (Lipinski definition) is 3. The van der Waals surface area contributed by atoms with Crippen LogP contribution in [0, 0.1) is 10.1 Å². The van der Waals surface area contributed by atoms with Crippen molar-refractivity contribution in [2.75, 3.05) is 6.54 Å². The fraction of sp³-hybridized carbons (Fsp3) is 0.333.